The van der Waals surface area contributed by atoms with E-state index < -0.39 is 35.9 Å². The highest BCUT2D eigenvalue weighted by atomic mass is 19.2. The number of hydrogen-bond acceptors (Lipinski definition) is 5. The first kappa shape index (κ1) is 24.6. The topological polar surface area (TPSA) is 85.7 Å². The van der Waals surface area contributed by atoms with Gasteiger partial charge in [-0.2, -0.15) is 5.26 Å². The van der Waals surface area contributed by atoms with Gasteiger partial charge in [0.2, 0.25) is 0 Å². The van der Waals surface area contributed by atoms with Gasteiger partial charge in [-0.05, 0) is 81.1 Å². The van der Waals surface area contributed by atoms with Crippen molar-refractivity contribution >= 4 is 12.1 Å². The van der Waals surface area contributed by atoms with Crippen LogP contribution in [0.1, 0.15) is 54.8 Å². The van der Waals surface area contributed by atoms with Crippen molar-refractivity contribution in [3.63, 3.8) is 0 Å². The molecular formula is C26H28F2N4O3. The molecule has 2 heterocycles. The molecule has 3 amide bonds. The van der Waals surface area contributed by atoms with E-state index in [4.69, 9.17) is 4.74 Å². The molecule has 1 unspecified atom stereocenters. The summed E-state index contributed by atoms with van der Waals surface area (Å²) in [6, 6.07) is 11.9. The number of urea groups is 1. The third-order valence-electron chi connectivity index (χ3n) is 6.75. The summed E-state index contributed by atoms with van der Waals surface area (Å²) >= 11 is 0. The van der Waals surface area contributed by atoms with Gasteiger partial charge in [0.25, 0.3) is 0 Å². The number of imide groups is 1. The minimum Gasteiger partial charge on any atom is -0.443 e. The molecule has 184 valence electrons. The normalized spacial score (nSPS) is 21.0. The van der Waals surface area contributed by atoms with E-state index in [1.807, 2.05) is 24.3 Å². The molecule has 0 aromatic heterocycles. The van der Waals surface area contributed by atoms with Crippen LogP contribution in [0.3, 0.4) is 0 Å². The number of nitrogens with one attached hydrogen (secondary N) is 1. The maximum absolute atomic E-state index is 13.7. The Kier molecular flexibility index (Phi) is 7.61. The van der Waals surface area contributed by atoms with Gasteiger partial charge in [0.1, 0.15) is 12.1 Å². The van der Waals surface area contributed by atoms with Gasteiger partial charge in [0.15, 0.2) is 11.6 Å². The number of amides is 3. The fourth-order valence-electron chi connectivity index (χ4n) is 4.93. The van der Waals surface area contributed by atoms with Crippen LogP contribution in [-0.4, -0.2) is 54.2 Å². The van der Waals surface area contributed by atoms with Gasteiger partial charge in [0.05, 0.1) is 11.6 Å². The van der Waals surface area contributed by atoms with E-state index in [1.165, 1.54) is 6.07 Å². The molecule has 2 aromatic carbocycles. The highest BCUT2D eigenvalue weighted by Gasteiger charge is 2.44. The van der Waals surface area contributed by atoms with Crippen LogP contribution in [0.25, 0.3) is 0 Å². The van der Waals surface area contributed by atoms with Crippen molar-refractivity contribution in [1.82, 2.24) is 15.1 Å². The van der Waals surface area contributed by atoms with Crippen LogP contribution < -0.4 is 5.32 Å². The number of carbonyl (C=O) groups excluding carboxylic acids is 2. The Hall–Kier alpha value is -3.51. The fourth-order valence-corrected chi connectivity index (χ4v) is 4.93. The molecule has 2 aliphatic rings. The van der Waals surface area contributed by atoms with Crippen LogP contribution in [0.4, 0.5) is 18.4 Å². The zero-order valence-corrected chi connectivity index (χ0v) is 19.5. The van der Waals surface area contributed by atoms with Crippen LogP contribution in [0.15, 0.2) is 42.5 Å². The van der Waals surface area contributed by atoms with Crippen molar-refractivity contribution in [3.8, 4) is 6.07 Å². The minimum absolute atomic E-state index is 0.290. The third-order valence-corrected chi connectivity index (χ3v) is 6.75. The first-order valence-corrected chi connectivity index (χ1v) is 11.8. The SMILES string of the molecule is C[C@@H]1OC(=O)N(C(=O)NCCCN2CCC(c3ccccc3C#N)CC2)C1c1ccc(F)c(F)c1. The van der Waals surface area contributed by atoms with Gasteiger partial charge in [-0.3, -0.25) is 0 Å². The molecule has 0 bridgehead atoms. The molecule has 2 fully saturated rings. The van der Waals surface area contributed by atoms with E-state index in [0.717, 1.165) is 60.6 Å². The van der Waals surface area contributed by atoms with Crippen molar-refractivity contribution in [2.75, 3.05) is 26.2 Å². The van der Waals surface area contributed by atoms with Crippen molar-refractivity contribution in [2.45, 2.75) is 44.2 Å². The van der Waals surface area contributed by atoms with Crippen molar-refractivity contribution in [2.24, 2.45) is 0 Å². The fraction of sp³-hybridized carbons (Fsp3) is 0.423. The number of rotatable bonds is 6. The van der Waals surface area contributed by atoms with E-state index in [9.17, 15) is 23.6 Å². The maximum atomic E-state index is 13.7. The van der Waals surface area contributed by atoms with E-state index in [2.05, 4.69) is 16.3 Å². The Labute approximate surface area is 203 Å². The number of likely N-dealkylation sites (tertiary alicyclic amines) is 1. The Morgan fingerprint density at radius 3 is 2.63 bits per heavy atom. The second kappa shape index (κ2) is 10.8. The summed E-state index contributed by atoms with van der Waals surface area (Å²) in [6.07, 6.45) is 1.13. The van der Waals surface area contributed by atoms with Crippen LogP contribution in [-0.2, 0) is 4.74 Å². The Bertz CT molecular complexity index is 1130. The summed E-state index contributed by atoms with van der Waals surface area (Å²) < 4.78 is 32.2. The van der Waals surface area contributed by atoms with Crippen LogP contribution in [0, 0.1) is 23.0 Å². The lowest BCUT2D eigenvalue weighted by Crippen LogP contribution is -2.43. The highest BCUT2D eigenvalue weighted by Crippen LogP contribution is 2.34. The first-order valence-electron chi connectivity index (χ1n) is 11.8. The van der Waals surface area contributed by atoms with Gasteiger partial charge in [-0.25, -0.2) is 23.3 Å². The van der Waals surface area contributed by atoms with Gasteiger partial charge in [-0.1, -0.05) is 24.3 Å². The Morgan fingerprint density at radius 1 is 1.17 bits per heavy atom. The zero-order valence-electron chi connectivity index (χ0n) is 19.5. The van der Waals surface area contributed by atoms with Crippen LogP contribution in [0.5, 0.6) is 0 Å². The van der Waals surface area contributed by atoms with Gasteiger partial charge >= 0.3 is 12.1 Å². The number of ether oxygens (including phenoxy) is 1. The molecule has 1 N–H and O–H groups in total. The largest absolute Gasteiger partial charge is 0.443 e. The lowest BCUT2D eigenvalue weighted by atomic mass is 9.87. The quantitative estimate of drug-likeness (QED) is 0.604. The number of carbonyl (C=O) groups is 2. The lowest BCUT2D eigenvalue weighted by Gasteiger charge is -2.32. The summed E-state index contributed by atoms with van der Waals surface area (Å²) in [5.74, 6) is -1.67. The van der Waals surface area contributed by atoms with E-state index in [-0.39, 0.29) is 0 Å². The summed E-state index contributed by atoms with van der Waals surface area (Å²) in [7, 11) is 0. The predicted molar refractivity (Wildman–Crippen MR) is 124 cm³/mol. The predicted octanol–water partition coefficient (Wildman–Crippen LogP) is 4.70. The van der Waals surface area contributed by atoms with Crippen LogP contribution in [0.2, 0.25) is 0 Å². The molecule has 0 aliphatic carbocycles. The summed E-state index contributed by atoms with van der Waals surface area (Å²) in [6.45, 7) is 4.58. The second-order valence-corrected chi connectivity index (χ2v) is 8.98. The highest BCUT2D eigenvalue weighted by molar-refractivity contribution is 5.93. The molecule has 2 aliphatic heterocycles. The Morgan fingerprint density at radius 2 is 1.91 bits per heavy atom. The molecule has 2 saturated heterocycles. The zero-order chi connectivity index (χ0) is 24.9. The molecule has 2 atom stereocenters. The van der Waals surface area contributed by atoms with E-state index in [0.29, 0.717) is 24.4 Å². The number of halogens is 2. The van der Waals surface area contributed by atoms with Gasteiger partial charge in [0, 0.05) is 6.54 Å². The van der Waals surface area contributed by atoms with E-state index >= 15 is 0 Å². The molecule has 9 heteroatoms. The first-order chi connectivity index (χ1) is 16.9. The number of benzene rings is 2. The molecule has 4 rings (SSSR count). The Balaban J connectivity index is 1.26. The number of nitriles is 1. The summed E-state index contributed by atoms with van der Waals surface area (Å²) in [5, 5.41) is 12.1. The molecular weight excluding hydrogens is 454 g/mol. The smallest absolute Gasteiger partial charge is 0.419 e. The minimum atomic E-state index is -1.05. The second-order valence-electron chi connectivity index (χ2n) is 8.98. The number of piperidine rings is 1. The molecule has 2 aromatic rings. The number of nitrogens with zero attached hydrogens (tertiary/aromatic N) is 3. The molecule has 0 spiro atoms. The van der Waals surface area contributed by atoms with Crippen molar-refractivity contribution in [1.29, 1.82) is 5.26 Å². The lowest BCUT2D eigenvalue weighted by molar-refractivity contribution is 0.138. The number of cyclic esters (lactones) is 1. The average Bonchev–Trinajstić information content (AvgIpc) is 3.17. The van der Waals surface area contributed by atoms with E-state index in [1.54, 1.807) is 6.92 Å². The van der Waals surface area contributed by atoms with Gasteiger partial charge in [-0.15, -0.1) is 0 Å². The monoisotopic (exact) mass is 482 g/mol. The molecule has 0 saturated carbocycles. The van der Waals surface area contributed by atoms with Gasteiger partial charge < -0.3 is 15.0 Å². The third kappa shape index (κ3) is 5.43. The number of hydrogen-bond donors (Lipinski definition) is 1. The molecule has 7 nitrogen and oxygen atoms in total. The van der Waals surface area contributed by atoms with Crippen molar-refractivity contribution in [3.05, 3.63) is 70.8 Å². The standard InChI is InChI=1S/C26H28F2N4O3/c1-17-24(19-7-8-22(27)23(28)15-19)32(26(34)35-17)25(33)30-11-4-12-31-13-9-18(10-14-31)21-6-3-2-5-20(21)16-29/h2-3,5-8,15,17-18,24H,4,9-14H2,1H3,(H,30,33)/t17-,24?/m0/s1. The summed E-state index contributed by atoms with van der Waals surface area (Å²) in [4.78, 5) is 28.3. The van der Waals surface area contributed by atoms with Crippen molar-refractivity contribution < 1.29 is 23.1 Å². The maximum Gasteiger partial charge on any atom is 0.419 e. The average molecular weight is 483 g/mol. The summed E-state index contributed by atoms with van der Waals surface area (Å²) in [5.41, 5.74) is 2.15. The molecule has 35 heavy (non-hydrogen) atoms. The molecule has 0 radical (unpaired) electrons. The van der Waals surface area contributed by atoms with Crippen LogP contribution >= 0.6 is 0 Å².